The molecular formula is C34H36FN3O4S. The van der Waals surface area contributed by atoms with Crippen LogP contribution in [-0.4, -0.2) is 55.1 Å². The summed E-state index contributed by atoms with van der Waals surface area (Å²) in [5.74, 6) is -1.44. The first-order valence-corrected chi connectivity index (χ1v) is 16.0. The topological polar surface area (TPSA) is 86.8 Å². The lowest BCUT2D eigenvalue weighted by atomic mass is 10.0. The van der Waals surface area contributed by atoms with Gasteiger partial charge in [-0.05, 0) is 47.4 Å². The quantitative estimate of drug-likeness (QED) is 0.253. The first-order valence-electron chi connectivity index (χ1n) is 14.5. The molecule has 1 aliphatic carbocycles. The van der Waals surface area contributed by atoms with E-state index >= 15 is 0 Å². The van der Waals surface area contributed by atoms with Crippen molar-refractivity contribution >= 4 is 32.6 Å². The Hall–Kier alpha value is -4.08. The van der Waals surface area contributed by atoms with Crippen LogP contribution in [0.25, 0.3) is 10.8 Å². The lowest BCUT2D eigenvalue weighted by Gasteiger charge is -2.33. The first kappa shape index (κ1) is 30.4. The van der Waals surface area contributed by atoms with E-state index in [2.05, 4.69) is 5.32 Å². The molecule has 1 aliphatic rings. The highest BCUT2D eigenvalue weighted by Crippen LogP contribution is 2.23. The minimum atomic E-state index is -4.05. The van der Waals surface area contributed by atoms with Crippen molar-refractivity contribution in [3.63, 3.8) is 0 Å². The molecule has 43 heavy (non-hydrogen) atoms. The van der Waals surface area contributed by atoms with Crippen LogP contribution in [0.15, 0.2) is 102 Å². The second kappa shape index (κ2) is 13.5. The number of likely N-dealkylation sites (N-methyl/N-ethyl adjacent to an activating group) is 1. The average molecular weight is 602 g/mol. The molecule has 0 aliphatic heterocycles. The van der Waals surface area contributed by atoms with E-state index in [-0.39, 0.29) is 35.4 Å². The fraction of sp³-hybridized carbons (Fsp3) is 0.294. The van der Waals surface area contributed by atoms with Crippen LogP contribution in [0.2, 0.25) is 0 Å². The van der Waals surface area contributed by atoms with E-state index in [1.807, 2.05) is 54.6 Å². The summed E-state index contributed by atoms with van der Waals surface area (Å²) >= 11 is 0. The van der Waals surface area contributed by atoms with Crippen molar-refractivity contribution in [3.8, 4) is 0 Å². The second-order valence-corrected chi connectivity index (χ2v) is 13.1. The molecule has 9 heteroatoms. The van der Waals surface area contributed by atoms with Gasteiger partial charge in [0.2, 0.25) is 21.8 Å². The van der Waals surface area contributed by atoms with Crippen molar-refractivity contribution in [2.75, 3.05) is 13.6 Å². The maximum atomic E-state index is 14.9. The highest BCUT2D eigenvalue weighted by Gasteiger charge is 2.34. The Balaban J connectivity index is 1.46. The van der Waals surface area contributed by atoms with E-state index in [4.69, 9.17) is 0 Å². The maximum absolute atomic E-state index is 14.9. The van der Waals surface area contributed by atoms with Crippen molar-refractivity contribution in [3.05, 3.63) is 114 Å². The molecule has 0 heterocycles. The van der Waals surface area contributed by atoms with Crippen LogP contribution in [0.5, 0.6) is 0 Å². The van der Waals surface area contributed by atoms with Crippen molar-refractivity contribution in [1.82, 2.24) is 14.5 Å². The monoisotopic (exact) mass is 601 g/mol. The van der Waals surface area contributed by atoms with Gasteiger partial charge in [-0.25, -0.2) is 12.8 Å². The standard InChI is InChI=1S/C34H36FN3O4S/c1-37(43(41,42)30-20-19-26-13-5-6-14-27(26)22-30)24-33(39)38(23-28-15-7-10-18-31(28)35)32(21-25-11-3-2-4-12-25)34(40)36-29-16-8-9-17-29/h2-7,10-15,18-20,22,29,32H,8-9,16-17,21,23-24H2,1H3,(H,36,40). The number of amides is 2. The molecule has 4 aromatic carbocycles. The van der Waals surface area contributed by atoms with Crippen molar-refractivity contribution < 1.29 is 22.4 Å². The Bertz CT molecular complexity index is 1690. The summed E-state index contributed by atoms with van der Waals surface area (Å²) in [6.45, 7) is -0.712. The molecule has 0 bridgehead atoms. The molecule has 1 unspecified atom stereocenters. The van der Waals surface area contributed by atoms with E-state index in [1.165, 1.54) is 24.1 Å². The average Bonchev–Trinajstić information content (AvgIpc) is 3.53. The zero-order chi connectivity index (χ0) is 30.4. The Morgan fingerprint density at radius 1 is 0.884 bits per heavy atom. The van der Waals surface area contributed by atoms with E-state index in [1.54, 1.807) is 30.3 Å². The minimum Gasteiger partial charge on any atom is -0.352 e. The summed E-state index contributed by atoms with van der Waals surface area (Å²) in [5.41, 5.74) is 1.07. The predicted octanol–water partition coefficient (Wildman–Crippen LogP) is 5.30. The molecular weight excluding hydrogens is 565 g/mol. The number of fused-ring (bicyclic) bond motifs is 1. The summed E-state index contributed by atoms with van der Waals surface area (Å²) in [4.78, 5) is 29.3. The van der Waals surface area contributed by atoms with E-state index in [0.717, 1.165) is 46.3 Å². The van der Waals surface area contributed by atoms with Gasteiger partial charge < -0.3 is 10.2 Å². The van der Waals surface area contributed by atoms with Crippen LogP contribution in [0.1, 0.15) is 36.8 Å². The third-order valence-corrected chi connectivity index (χ3v) is 9.86. The van der Waals surface area contributed by atoms with Crippen LogP contribution in [0, 0.1) is 5.82 Å². The third-order valence-electron chi connectivity index (χ3n) is 8.06. The highest BCUT2D eigenvalue weighted by molar-refractivity contribution is 7.89. The number of benzene rings is 4. The van der Waals surface area contributed by atoms with E-state index in [0.29, 0.717) is 0 Å². The maximum Gasteiger partial charge on any atom is 0.243 e. The number of nitrogens with zero attached hydrogens (tertiary/aromatic N) is 2. The summed E-state index contributed by atoms with van der Waals surface area (Å²) in [6.07, 6.45) is 3.95. The van der Waals surface area contributed by atoms with Gasteiger partial charge in [0.1, 0.15) is 11.9 Å². The van der Waals surface area contributed by atoms with Gasteiger partial charge in [-0.2, -0.15) is 4.31 Å². The smallest absolute Gasteiger partial charge is 0.243 e. The number of nitrogens with one attached hydrogen (secondary N) is 1. The number of halogens is 1. The Labute approximate surface area is 252 Å². The lowest BCUT2D eigenvalue weighted by molar-refractivity contribution is -0.141. The summed E-state index contributed by atoms with van der Waals surface area (Å²) < 4.78 is 43.1. The molecule has 1 fully saturated rings. The van der Waals surface area contributed by atoms with Gasteiger partial charge in [0, 0.05) is 31.6 Å². The van der Waals surface area contributed by atoms with Crippen LogP contribution in [-0.2, 0) is 32.6 Å². The minimum absolute atomic E-state index is 0.00661. The normalized spacial score (nSPS) is 14.6. The fourth-order valence-corrected chi connectivity index (χ4v) is 6.76. The Morgan fingerprint density at radius 3 is 2.26 bits per heavy atom. The van der Waals surface area contributed by atoms with Gasteiger partial charge in [0.05, 0.1) is 11.4 Å². The van der Waals surface area contributed by atoms with Crippen molar-refractivity contribution in [2.24, 2.45) is 0 Å². The van der Waals surface area contributed by atoms with Crippen LogP contribution < -0.4 is 5.32 Å². The van der Waals surface area contributed by atoms with Gasteiger partial charge in [0.15, 0.2) is 0 Å². The predicted molar refractivity (Wildman–Crippen MR) is 165 cm³/mol. The largest absolute Gasteiger partial charge is 0.352 e. The second-order valence-electron chi connectivity index (χ2n) is 11.1. The zero-order valence-corrected chi connectivity index (χ0v) is 25.0. The van der Waals surface area contributed by atoms with Gasteiger partial charge in [-0.1, -0.05) is 91.7 Å². The molecule has 0 saturated heterocycles. The molecule has 0 spiro atoms. The molecule has 0 aromatic heterocycles. The summed E-state index contributed by atoms with van der Waals surface area (Å²) in [6, 6.07) is 26.7. The third kappa shape index (κ3) is 7.29. The SMILES string of the molecule is CN(CC(=O)N(Cc1ccccc1F)C(Cc1ccccc1)C(=O)NC1CCCC1)S(=O)(=O)c1ccc2ccccc2c1. The number of hydrogen-bond acceptors (Lipinski definition) is 4. The molecule has 1 N–H and O–H groups in total. The number of rotatable bonds is 11. The van der Waals surface area contributed by atoms with Crippen molar-refractivity contribution in [1.29, 1.82) is 0 Å². The molecule has 2 amide bonds. The first-order chi connectivity index (χ1) is 20.7. The lowest BCUT2D eigenvalue weighted by Crippen LogP contribution is -2.54. The number of carbonyl (C=O) groups is 2. The van der Waals surface area contributed by atoms with E-state index in [9.17, 15) is 22.4 Å². The number of carbonyl (C=O) groups excluding carboxylic acids is 2. The molecule has 1 atom stereocenters. The fourth-order valence-electron chi connectivity index (χ4n) is 5.61. The molecule has 224 valence electrons. The number of sulfonamides is 1. The van der Waals surface area contributed by atoms with Crippen molar-refractivity contribution in [2.45, 2.75) is 55.6 Å². The van der Waals surface area contributed by atoms with Crippen LogP contribution in [0.3, 0.4) is 0 Å². The Kier molecular flexibility index (Phi) is 9.52. The molecule has 5 rings (SSSR count). The van der Waals surface area contributed by atoms with Gasteiger partial charge in [0.25, 0.3) is 0 Å². The van der Waals surface area contributed by atoms with Crippen LogP contribution in [0.4, 0.5) is 4.39 Å². The molecule has 0 radical (unpaired) electrons. The van der Waals surface area contributed by atoms with E-state index < -0.39 is 34.3 Å². The van der Waals surface area contributed by atoms with Crippen LogP contribution >= 0.6 is 0 Å². The molecule has 4 aromatic rings. The Morgan fingerprint density at radius 2 is 1.53 bits per heavy atom. The summed E-state index contributed by atoms with van der Waals surface area (Å²) in [7, 11) is -2.71. The zero-order valence-electron chi connectivity index (χ0n) is 24.2. The van der Waals surface area contributed by atoms with Gasteiger partial charge in [-0.3, -0.25) is 9.59 Å². The highest BCUT2D eigenvalue weighted by atomic mass is 32.2. The molecule has 7 nitrogen and oxygen atoms in total. The number of hydrogen-bond donors (Lipinski definition) is 1. The van der Waals surface area contributed by atoms with Gasteiger partial charge in [-0.15, -0.1) is 0 Å². The molecule has 1 saturated carbocycles. The van der Waals surface area contributed by atoms with Gasteiger partial charge >= 0.3 is 0 Å². The summed E-state index contributed by atoms with van der Waals surface area (Å²) in [5, 5.41) is 4.76.